The maximum atomic E-state index is 13.3. The molecule has 2 aliphatic heterocycles. The predicted molar refractivity (Wildman–Crippen MR) is 115 cm³/mol. The van der Waals surface area contributed by atoms with Crippen molar-refractivity contribution in [2.75, 3.05) is 13.1 Å². The summed E-state index contributed by atoms with van der Waals surface area (Å²) in [6.45, 7) is 3.43. The Morgan fingerprint density at radius 3 is 2.87 bits per heavy atom. The Labute approximate surface area is 179 Å². The highest BCUT2D eigenvalue weighted by Crippen LogP contribution is 2.36. The molecular formula is C23H24N6O2. The Bertz CT molecular complexity index is 1280. The molecule has 31 heavy (non-hydrogen) atoms. The van der Waals surface area contributed by atoms with E-state index < -0.39 is 0 Å². The first-order chi connectivity index (χ1) is 15.2. The van der Waals surface area contributed by atoms with Crippen LogP contribution in [0.25, 0.3) is 22.8 Å². The van der Waals surface area contributed by atoms with E-state index in [4.69, 9.17) is 4.42 Å². The van der Waals surface area contributed by atoms with Crippen molar-refractivity contribution in [3.63, 3.8) is 0 Å². The number of aromatic amines is 1. The summed E-state index contributed by atoms with van der Waals surface area (Å²) in [4.78, 5) is 20.1. The first-order valence-electron chi connectivity index (χ1n) is 10.7. The average Bonchev–Trinajstić information content (AvgIpc) is 3.51. The fourth-order valence-electron chi connectivity index (χ4n) is 5.19. The lowest BCUT2D eigenvalue weighted by Gasteiger charge is -2.42. The van der Waals surface area contributed by atoms with E-state index in [1.165, 1.54) is 0 Å². The molecule has 0 aliphatic carbocycles. The van der Waals surface area contributed by atoms with Crippen LogP contribution in [0.4, 0.5) is 0 Å². The fourth-order valence-corrected chi connectivity index (χ4v) is 5.19. The molecule has 1 N–H and O–H groups in total. The highest BCUT2D eigenvalue weighted by atomic mass is 16.3. The molecule has 2 atom stereocenters. The molecule has 2 bridgehead atoms. The van der Waals surface area contributed by atoms with E-state index in [9.17, 15) is 4.79 Å². The zero-order chi connectivity index (χ0) is 20.9. The van der Waals surface area contributed by atoms with Crippen molar-refractivity contribution in [2.24, 2.45) is 13.0 Å². The molecule has 158 valence electrons. The van der Waals surface area contributed by atoms with E-state index in [0.717, 1.165) is 61.3 Å². The molecule has 4 aromatic heterocycles. The minimum Gasteiger partial charge on any atom is -0.458 e. The number of hydrogen-bond donors (Lipinski definition) is 1. The normalized spacial score (nSPS) is 20.7. The number of rotatable bonds is 4. The number of fused-ring (bicyclic) bond motifs is 4. The van der Waals surface area contributed by atoms with Crippen molar-refractivity contribution in [1.82, 2.24) is 29.2 Å². The number of furan rings is 1. The number of nitrogens with zero attached hydrogens (tertiary/aromatic N) is 5. The third kappa shape index (κ3) is 3.14. The van der Waals surface area contributed by atoms with Gasteiger partial charge in [-0.05, 0) is 42.7 Å². The Hall–Kier alpha value is -3.39. The van der Waals surface area contributed by atoms with Gasteiger partial charge in [-0.15, -0.1) is 0 Å². The average molecular weight is 416 g/mol. The lowest BCUT2D eigenvalue weighted by Crippen LogP contribution is -2.46. The number of aryl methyl sites for hydroxylation is 1. The SMILES string of the molecule is Cn1ccnc1-c1ccc2n(c1=O)C[C@H]1C[C@@H]2CN(Cc2ccc(-c3ccn[nH]3)o2)C1. The molecular weight excluding hydrogens is 392 g/mol. The van der Waals surface area contributed by atoms with Gasteiger partial charge in [-0.3, -0.25) is 14.8 Å². The third-order valence-corrected chi connectivity index (χ3v) is 6.55. The van der Waals surface area contributed by atoms with Gasteiger partial charge in [0, 0.05) is 56.9 Å². The highest BCUT2D eigenvalue weighted by Gasteiger charge is 2.35. The van der Waals surface area contributed by atoms with Crippen molar-refractivity contribution in [3.8, 4) is 22.8 Å². The summed E-state index contributed by atoms with van der Waals surface area (Å²) in [5.74, 6) is 3.30. The molecule has 4 aromatic rings. The molecule has 8 heteroatoms. The van der Waals surface area contributed by atoms with E-state index in [1.807, 2.05) is 46.6 Å². The molecule has 0 saturated carbocycles. The van der Waals surface area contributed by atoms with Gasteiger partial charge < -0.3 is 13.6 Å². The molecule has 0 spiro atoms. The van der Waals surface area contributed by atoms with Crippen LogP contribution in [-0.4, -0.2) is 42.3 Å². The second kappa shape index (κ2) is 7.09. The molecule has 6 rings (SSSR count). The van der Waals surface area contributed by atoms with Gasteiger partial charge in [-0.25, -0.2) is 4.98 Å². The van der Waals surface area contributed by atoms with Crippen LogP contribution >= 0.6 is 0 Å². The van der Waals surface area contributed by atoms with Crippen molar-refractivity contribution in [1.29, 1.82) is 0 Å². The number of aromatic nitrogens is 5. The molecule has 2 aliphatic rings. The predicted octanol–water partition coefficient (Wildman–Crippen LogP) is 2.85. The van der Waals surface area contributed by atoms with Crippen molar-refractivity contribution >= 4 is 0 Å². The third-order valence-electron chi connectivity index (χ3n) is 6.55. The van der Waals surface area contributed by atoms with Gasteiger partial charge in [0.2, 0.25) is 0 Å². The Balaban J connectivity index is 1.24. The summed E-state index contributed by atoms with van der Waals surface area (Å²) >= 11 is 0. The Morgan fingerprint density at radius 2 is 2.06 bits per heavy atom. The van der Waals surface area contributed by atoms with E-state index in [2.05, 4.69) is 26.1 Å². The molecule has 0 radical (unpaired) electrons. The van der Waals surface area contributed by atoms with Crippen LogP contribution in [0.3, 0.4) is 0 Å². The molecule has 8 nitrogen and oxygen atoms in total. The van der Waals surface area contributed by atoms with Gasteiger partial charge in [-0.2, -0.15) is 5.10 Å². The minimum atomic E-state index is 0.0742. The first-order valence-corrected chi connectivity index (χ1v) is 10.7. The molecule has 1 saturated heterocycles. The molecule has 0 aromatic carbocycles. The van der Waals surface area contributed by atoms with Gasteiger partial charge in [-0.1, -0.05) is 0 Å². The van der Waals surface area contributed by atoms with E-state index in [-0.39, 0.29) is 5.56 Å². The van der Waals surface area contributed by atoms with Crippen LogP contribution in [0, 0.1) is 5.92 Å². The smallest absolute Gasteiger partial charge is 0.261 e. The van der Waals surface area contributed by atoms with Crippen LogP contribution in [0.5, 0.6) is 0 Å². The Kier molecular flexibility index (Phi) is 4.21. The topological polar surface area (TPSA) is 84.9 Å². The summed E-state index contributed by atoms with van der Waals surface area (Å²) in [6.07, 6.45) is 6.47. The highest BCUT2D eigenvalue weighted by molar-refractivity contribution is 5.54. The summed E-state index contributed by atoms with van der Waals surface area (Å²) in [5.41, 5.74) is 2.78. The number of likely N-dealkylation sites (tertiary alicyclic amines) is 1. The first kappa shape index (κ1) is 18.4. The van der Waals surface area contributed by atoms with Gasteiger partial charge in [0.15, 0.2) is 5.76 Å². The van der Waals surface area contributed by atoms with Crippen LogP contribution in [0.15, 0.2) is 58.1 Å². The second-order valence-corrected chi connectivity index (χ2v) is 8.68. The summed E-state index contributed by atoms with van der Waals surface area (Å²) in [7, 11) is 1.92. The quantitative estimate of drug-likeness (QED) is 0.553. The molecule has 0 unspecified atom stereocenters. The van der Waals surface area contributed by atoms with Crippen molar-refractivity contribution in [2.45, 2.75) is 25.4 Å². The van der Waals surface area contributed by atoms with E-state index in [1.54, 1.807) is 12.4 Å². The van der Waals surface area contributed by atoms with Gasteiger partial charge in [0.05, 0.1) is 12.1 Å². The maximum absolute atomic E-state index is 13.3. The fraction of sp³-hybridized carbons (Fsp3) is 0.348. The van der Waals surface area contributed by atoms with Gasteiger partial charge >= 0.3 is 0 Å². The number of imidazole rings is 1. The summed E-state index contributed by atoms with van der Waals surface area (Å²) < 4.78 is 9.92. The standard InChI is InChI=1S/C23H24N6O2/c1-27-9-8-24-22(27)18-3-4-20-16-10-15(12-29(20)23(18)30)11-28(13-16)14-17-2-5-21(31-17)19-6-7-25-26-19/h2-9,15-16H,10-14H2,1H3,(H,25,26)/t15-,16+/m0/s1. The minimum absolute atomic E-state index is 0.0742. The number of pyridine rings is 1. The van der Waals surface area contributed by atoms with Crippen LogP contribution in [0.1, 0.15) is 23.8 Å². The van der Waals surface area contributed by atoms with E-state index in [0.29, 0.717) is 17.4 Å². The maximum Gasteiger partial charge on any atom is 0.261 e. The van der Waals surface area contributed by atoms with E-state index >= 15 is 0 Å². The van der Waals surface area contributed by atoms with Crippen LogP contribution in [-0.2, 0) is 20.1 Å². The second-order valence-electron chi connectivity index (χ2n) is 8.68. The molecule has 1 fully saturated rings. The zero-order valence-corrected chi connectivity index (χ0v) is 17.4. The number of H-pyrrole nitrogens is 1. The monoisotopic (exact) mass is 416 g/mol. The van der Waals surface area contributed by atoms with Crippen molar-refractivity contribution in [3.05, 3.63) is 70.7 Å². The van der Waals surface area contributed by atoms with Gasteiger partial charge in [0.25, 0.3) is 5.56 Å². The lowest BCUT2D eigenvalue weighted by atomic mass is 9.83. The van der Waals surface area contributed by atoms with Crippen LogP contribution in [0.2, 0.25) is 0 Å². The summed E-state index contributed by atoms with van der Waals surface area (Å²) in [6, 6.07) is 10.00. The van der Waals surface area contributed by atoms with Crippen molar-refractivity contribution < 1.29 is 4.42 Å². The number of hydrogen-bond acceptors (Lipinski definition) is 5. The Morgan fingerprint density at radius 1 is 1.13 bits per heavy atom. The zero-order valence-electron chi connectivity index (χ0n) is 17.4. The summed E-state index contributed by atoms with van der Waals surface area (Å²) in [5, 5.41) is 6.93. The molecule has 0 amide bonds. The lowest BCUT2D eigenvalue weighted by molar-refractivity contribution is 0.108. The molecule has 6 heterocycles. The number of nitrogens with one attached hydrogen (secondary N) is 1. The number of piperidine rings is 1. The largest absolute Gasteiger partial charge is 0.458 e. The van der Waals surface area contributed by atoms with Gasteiger partial charge in [0.1, 0.15) is 17.3 Å². The van der Waals surface area contributed by atoms with Crippen LogP contribution < -0.4 is 5.56 Å².